The first-order valence-corrected chi connectivity index (χ1v) is 18.9. The van der Waals surface area contributed by atoms with Crippen molar-refractivity contribution in [1.29, 1.82) is 0 Å². The van der Waals surface area contributed by atoms with Gasteiger partial charge >= 0.3 is 6.01 Å². The lowest BCUT2D eigenvalue weighted by Gasteiger charge is -2.43. The molecule has 7 rings (SSSR count). The van der Waals surface area contributed by atoms with E-state index in [0.29, 0.717) is 61.8 Å². The number of hydrogen-bond donors (Lipinski definition) is 0. The maximum Gasteiger partial charge on any atom is 0.319 e. The third-order valence-electron chi connectivity index (χ3n) is 10.3. The molecule has 3 aliphatic heterocycles. The van der Waals surface area contributed by atoms with Crippen molar-refractivity contribution in [1.82, 2.24) is 19.9 Å². The van der Waals surface area contributed by atoms with E-state index in [-0.39, 0.29) is 27.8 Å². The van der Waals surface area contributed by atoms with Gasteiger partial charge < -0.3 is 18.8 Å². The van der Waals surface area contributed by atoms with Gasteiger partial charge in [-0.05, 0) is 41.2 Å². The Labute approximate surface area is 282 Å². The van der Waals surface area contributed by atoms with Crippen LogP contribution in [0.2, 0.25) is 10.2 Å². The number of nitrogens with zero attached hydrogens (tertiary/aromatic N) is 5. The summed E-state index contributed by atoms with van der Waals surface area (Å²) in [7, 11) is -0.681. The number of benzene rings is 2. The fourth-order valence-corrected chi connectivity index (χ4v) is 12.7. The largest absolute Gasteiger partial charge is 0.475 e. The molecule has 47 heavy (non-hydrogen) atoms. The number of anilines is 1. The third kappa shape index (κ3) is 5.87. The van der Waals surface area contributed by atoms with Crippen LogP contribution in [0.15, 0.2) is 66.7 Å². The van der Waals surface area contributed by atoms with Crippen molar-refractivity contribution in [2.75, 3.05) is 44.9 Å². The van der Waals surface area contributed by atoms with Crippen LogP contribution in [0.4, 0.5) is 10.2 Å². The summed E-state index contributed by atoms with van der Waals surface area (Å²) in [6.45, 7) is 9.48. The van der Waals surface area contributed by atoms with E-state index >= 15 is 0 Å². The number of alkyl halides is 1. The van der Waals surface area contributed by atoms with Gasteiger partial charge in [0.2, 0.25) is 5.88 Å². The van der Waals surface area contributed by atoms with E-state index in [1.807, 2.05) is 7.05 Å². The van der Waals surface area contributed by atoms with Gasteiger partial charge in [-0.3, -0.25) is 4.90 Å². The number of halogens is 2. The molecule has 2 saturated heterocycles. The van der Waals surface area contributed by atoms with Gasteiger partial charge in [-0.1, -0.05) is 93.0 Å². The van der Waals surface area contributed by atoms with Crippen LogP contribution >= 0.6 is 11.6 Å². The lowest BCUT2D eigenvalue weighted by Crippen LogP contribution is -2.66. The van der Waals surface area contributed by atoms with E-state index in [9.17, 15) is 4.39 Å². The molecular formula is C36H43ClFN5O3Si. The number of ether oxygens (including phenoxy) is 2. The molecule has 2 aromatic heterocycles. The maximum absolute atomic E-state index is 14.4. The van der Waals surface area contributed by atoms with E-state index in [4.69, 9.17) is 35.5 Å². The molecule has 5 heterocycles. The standard InChI is InChI=1S/C36H43ClFN5O3Si/c1-35(2,3)47(27-12-7-5-8-13-27,28-14-9-6-10-15-28)46-19-16-26-23-44-33-31-29(20-30(37)40-33)39-34(41-32(31)42(26)4)45-24-36-17-11-18-43(36)22-25(38)21-36/h5-10,12-15,20,25-26H,11,16-19,21-24H2,1-4H3/t25-,26+,36+/m1/s1. The van der Waals surface area contributed by atoms with Gasteiger partial charge in [-0.15, -0.1) is 0 Å². The molecule has 0 aliphatic carbocycles. The summed E-state index contributed by atoms with van der Waals surface area (Å²) in [4.78, 5) is 18.5. The quantitative estimate of drug-likeness (QED) is 0.163. The topological polar surface area (TPSA) is 72.8 Å². The molecule has 0 N–H and O–H groups in total. The summed E-state index contributed by atoms with van der Waals surface area (Å²) in [5, 5.41) is 3.35. The van der Waals surface area contributed by atoms with E-state index < -0.39 is 14.5 Å². The third-order valence-corrected chi connectivity index (χ3v) is 15.5. The summed E-state index contributed by atoms with van der Waals surface area (Å²) in [6, 6.07) is 23.2. The summed E-state index contributed by atoms with van der Waals surface area (Å²) < 4.78 is 34.3. The fourth-order valence-electron chi connectivity index (χ4n) is 7.97. The highest BCUT2D eigenvalue weighted by Crippen LogP contribution is 2.42. The summed E-state index contributed by atoms with van der Waals surface area (Å²) in [5.41, 5.74) is 0.301. The van der Waals surface area contributed by atoms with Gasteiger partial charge in [0.05, 0.1) is 17.1 Å². The summed E-state index contributed by atoms with van der Waals surface area (Å²) in [5.74, 6) is 1.08. The minimum atomic E-state index is -2.70. The Balaban J connectivity index is 1.17. The Morgan fingerprint density at radius 2 is 1.74 bits per heavy atom. The lowest BCUT2D eigenvalue weighted by atomic mass is 9.95. The number of likely N-dealkylation sites (N-methyl/N-ethyl adjacent to an activating group) is 1. The second-order valence-electron chi connectivity index (χ2n) is 14.2. The van der Waals surface area contributed by atoms with Crippen molar-refractivity contribution >= 4 is 47.0 Å². The highest BCUT2D eigenvalue weighted by molar-refractivity contribution is 6.99. The van der Waals surface area contributed by atoms with E-state index in [1.165, 1.54) is 10.4 Å². The molecule has 0 saturated carbocycles. The molecule has 0 unspecified atom stereocenters. The van der Waals surface area contributed by atoms with Gasteiger partial charge in [0.25, 0.3) is 8.32 Å². The van der Waals surface area contributed by atoms with Crippen LogP contribution < -0.4 is 24.7 Å². The molecule has 8 nitrogen and oxygen atoms in total. The monoisotopic (exact) mass is 675 g/mol. The molecule has 0 bridgehead atoms. The molecule has 248 valence electrons. The van der Waals surface area contributed by atoms with Crippen LogP contribution in [-0.4, -0.2) is 85.9 Å². The van der Waals surface area contributed by atoms with Crippen molar-refractivity contribution in [3.63, 3.8) is 0 Å². The molecular weight excluding hydrogens is 633 g/mol. The van der Waals surface area contributed by atoms with Crippen LogP contribution in [-0.2, 0) is 4.43 Å². The molecule has 3 aliphatic rings. The van der Waals surface area contributed by atoms with Crippen molar-refractivity contribution in [3.05, 3.63) is 71.9 Å². The molecule has 2 fully saturated rings. The zero-order chi connectivity index (χ0) is 32.8. The molecule has 0 spiro atoms. The molecule has 4 aromatic rings. The molecule has 0 radical (unpaired) electrons. The highest BCUT2D eigenvalue weighted by Gasteiger charge is 2.51. The highest BCUT2D eigenvalue weighted by atomic mass is 35.5. The van der Waals surface area contributed by atoms with E-state index in [2.05, 4.69) is 96.2 Å². The van der Waals surface area contributed by atoms with Crippen molar-refractivity contribution in [2.24, 2.45) is 0 Å². The lowest BCUT2D eigenvalue weighted by molar-refractivity contribution is 0.107. The van der Waals surface area contributed by atoms with Crippen LogP contribution in [0.5, 0.6) is 11.9 Å². The predicted octanol–water partition coefficient (Wildman–Crippen LogP) is 5.80. The summed E-state index contributed by atoms with van der Waals surface area (Å²) in [6.07, 6.45) is 2.30. The van der Waals surface area contributed by atoms with Gasteiger partial charge in [0.1, 0.15) is 35.7 Å². The average molecular weight is 676 g/mol. The first-order valence-electron chi connectivity index (χ1n) is 16.6. The maximum atomic E-state index is 14.4. The Morgan fingerprint density at radius 3 is 2.43 bits per heavy atom. The van der Waals surface area contributed by atoms with E-state index in [0.717, 1.165) is 19.4 Å². The Bertz CT molecular complexity index is 1690. The molecule has 3 atom stereocenters. The van der Waals surface area contributed by atoms with Crippen LogP contribution in [0, 0.1) is 0 Å². The van der Waals surface area contributed by atoms with Gasteiger partial charge in [0.15, 0.2) is 0 Å². The number of fused-ring (bicyclic) bond motifs is 1. The van der Waals surface area contributed by atoms with E-state index in [1.54, 1.807) is 6.07 Å². The van der Waals surface area contributed by atoms with Crippen molar-refractivity contribution in [2.45, 2.75) is 69.2 Å². The second-order valence-corrected chi connectivity index (χ2v) is 18.9. The van der Waals surface area contributed by atoms with Crippen LogP contribution in [0.1, 0.15) is 46.5 Å². The Morgan fingerprint density at radius 1 is 1.04 bits per heavy atom. The number of rotatable bonds is 9. The Kier molecular flexibility index (Phi) is 8.65. The average Bonchev–Trinajstić information content (AvgIpc) is 3.54. The molecule has 0 amide bonds. The summed E-state index contributed by atoms with van der Waals surface area (Å²) >= 11 is 6.45. The van der Waals surface area contributed by atoms with Crippen molar-refractivity contribution < 1.29 is 18.3 Å². The molecule has 11 heteroatoms. The minimum Gasteiger partial charge on any atom is -0.475 e. The zero-order valence-corrected chi connectivity index (χ0v) is 29.3. The fraction of sp³-hybridized carbons (Fsp3) is 0.472. The second kappa shape index (κ2) is 12.6. The molecule has 2 aromatic carbocycles. The minimum absolute atomic E-state index is 0.0711. The van der Waals surface area contributed by atoms with Crippen LogP contribution in [0.3, 0.4) is 0 Å². The predicted molar refractivity (Wildman–Crippen MR) is 187 cm³/mol. The first-order chi connectivity index (χ1) is 22.6. The van der Waals surface area contributed by atoms with Gasteiger partial charge in [-0.25, -0.2) is 9.37 Å². The van der Waals surface area contributed by atoms with Gasteiger partial charge in [-0.2, -0.15) is 9.97 Å². The number of aromatic nitrogens is 3. The Hall–Kier alpha value is -3.31. The number of pyridine rings is 1. The zero-order valence-electron chi connectivity index (χ0n) is 27.6. The smallest absolute Gasteiger partial charge is 0.319 e. The SMILES string of the molecule is CN1c2nc(OC[C@@]34CCCN3C[C@H](F)C4)nc3cc(Cl)nc(c23)OC[C@@H]1CCO[Si](c1ccccc1)(c1ccccc1)C(C)(C)C. The van der Waals surface area contributed by atoms with Crippen LogP contribution in [0.25, 0.3) is 10.9 Å². The van der Waals surface area contributed by atoms with Gasteiger partial charge in [0, 0.05) is 32.7 Å². The number of hydrogen-bond acceptors (Lipinski definition) is 8. The van der Waals surface area contributed by atoms with Crippen molar-refractivity contribution in [3.8, 4) is 11.9 Å². The normalized spacial score (nSPS) is 23.1. The first kappa shape index (κ1) is 32.2.